The number of halogens is 1. The molecule has 0 spiro atoms. The summed E-state index contributed by atoms with van der Waals surface area (Å²) >= 11 is 6.36. The van der Waals surface area contributed by atoms with Crippen LogP contribution in [-0.2, 0) is 0 Å². The Morgan fingerprint density at radius 1 is 1.23 bits per heavy atom. The SMILES string of the molecule is CC1CCCCN1CCCNc1ncc(C(=O)N2CCCCC2)cc1Cl. The molecule has 3 rings (SSSR count). The number of hydrogen-bond donors (Lipinski definition) is 1. The summed E-state index contributed by atoms with van der Waals surface area (Å²) in [5, 5.41) is 3.85. The molecule has 1 amide bonds. The third kappa shape index (κ3) is 5.10. The quantitative estimate of drug-likeness (QED) is 0.759. The lowest BCUT2D eigenvalue weighted by molar-refractivity contribution is 0.0724. The van der Waals surface area contributed by atoms with E-state index in [1.165, 1.54) is 32.2 Å². The van der Waals surface area contributed by atoms with E-state index in [-0.39, 0.29) is 5.91 Å². The minimum absolute atomic E-state index is 0.0461. The average Bonchev–Trinajstić information content (AvgIpc) is 2.67. The van der Waals surface area contributed by atoms with E-state index in [1.54, 1.807) is 12.3 Å². The van der Waals surface area contributed by atoms with Gasteiger partial charge in [-0.3, -0.25) is 4.79 Å². The third-order valence-electron chi connectivity index (χ3n) is 5.59. The Bertz CT molecular complexity index is 603. The smallest absolute Gasteiger partial charge is 0.255 e. The maximum atomic E-state index is 12.5. The first-order valence-corrected chi connectivity index (χ1v) is 10.5. The predicted octanol–water partition coefficient (Wildman–Crippen LogP) is 4.04. The van der Waals surface area contributed by atoms with Crippen LogP contribution < -0.4 is 5.32 Å². The molecule has 1 atom stereocenters. The molecule has 2 aliphatic heterocycles. The second kappa shape index (κ2) is 9.56. The molecule has 2 saturated heterocycles. The largest absolute Gasteiger partial charge is 0.369 e. The van der Waals surface area contributed by atoms with Crippen LogP contribution in [0.5, 0.6) is 0 Å². The van der Waals surface area contributed by atoms with E-state index in [1.807, 2.05) is 4.90 Å². The Kier molecular flexibility index (Phi) is 7.15. The number of likely N-dealkylation sites (tertiary alicyclic amines) is 2. The number of pyridine rings is 1. The number of carbonyl (C=O) groups excluding carboxylic acids is 1. The molecule has 144 valence electrons. The Balaban J connectivity index is 1.47. The predicted molar refractivity (Wildman–Crippen MR) is 107 cm³/mol. The minimum Gasteiger partial charge on any atom is -0.369 e. The molecule has 6 heteroatoms. The van der Waals surface area contributed by atoms with Crippen LogP contribution in [0.1, 0.15) is 62.2 Å². The van der Waals surface area contributed by atoms with E-state index in [0.29, 0.717) is 22.4 Å². The number of nitrogens with zero attached hydrogens (tertiary/aromatic N) is 3. The van der Waals surface area contributed by atoms with Crippen LogP contribution in [0.15, 0.2) is 12.3 Å². The second-order valence-electron chi connectivity index (χ2n) is 7.57. The van der Waals surface area contributed by atoms with Crippen molar-refractivity contribution in [2.24, 2.45) is 0 Å². The molecule has 1 N–H and O–H groups in total. The summed E-state index contributed by atoms with van der Waals surface area (Å²) in [6.45, 7) is 7.17. The Labute approximate surface area is 162 Å². The summed E-state index contributed by atoms with van der Waals surface area (Å²) in [5.74, 6) is 0.721. The van der Waals surface area contributed by atoms with Crippen LogP contribution in [0.4, 0.5) is 5.82 Å². The molecule has 1 aromatic heterocycles. The molecule has 26 heavy (non-hydrogen) atoms. The molecular weight excluding hydrogens is 348 g/mol. The van der Waals surface area contributed by atoms with Gasteiger partial charge in [0.1, 0.15) is 5.82 Å². The van der Waals surface area contributed by atoms with Gasteiger partial charge < -0.3 is 15.1 Å². The first-order chi connectivity index (χ1) is 12.6. The number of amides is 1. The maximum Gasteiger partial charge on any atom is 0.255 e. The number of rotatable bonds is 6. The number of piperidine rings is 2. The van der Waals surface area contributed by atoms with Crippen molar-refractivity contribution in [2.45, 2.75) is 57.9 Å². The number of aromatic nitrogens is 1. The van der Waals surface area contributed by atoms with Gasteiger partial charge in [-0.15, -0.1) is 0 Å². The normalized spacial score (nSPS) is 21.6. The maximum absolute atomic E-state index is 12.5. The molecule has 1 unspecified atom stereocenters. The Morgan fingerprint density at radius 2 is 2.00 bits per heavy atom. The highest BCUT2D eigenvalue weighted by molar-refractivity contribution is 6.33. The second-order valence-corrected chi connectivity index (χ2v) is 7.98. The fourth-order valence-corrected chi connectivity index (χ4v) is 4.18. The Hall–Kier alpha value is -1.33. The fourth-order valence-electron chi connectivity index (χ4n) is 3.94. The monoisotopic (exact) mass is 378 g/mol. The first kappa shape index (κ1) is 19.4. The van der Waals surface area contributed by atoms with E-state index < -0.39 is 0 Å². The van der Waals surface area contributed by atoms with Crippen LogP contribution in [0.2, 0.25) is 5.02 Å². The summed E-state index contributed by atoms with van der Waals surface area (Å²) in [5.41, 5.74) is 0.588. The van der Waals surface area contributed by atoms with Gasteiger partial charge in [0.25, 0.3) is 5.91 Å². The highest BCUT2D eigenvalue weighted by atomic mass is 35.5. The molecule has 5 nitrogen and oxygen atoms in total. The van der Waals surface area contributed by atoms with Gasteiger partial charge in [0, 0.05) is 38.4 Å². The van der Waals surface area contributed by atoms with Crippen LogP contribution in [-0.4, -0.2) is 59.5 Å². The third-order valence-corrected chi connectivity index (χ3v) is 5.87. The van der Waals surface area contributed by atoms with E-state index in [9.17, 15) is 4.79 Å². The standard InChI is InChI=1S/C20H31ClN4O/c1-16-8-3-6-10-24(16)13-7-9-22-19-18(21)14-17(15-23-19)20(26)25-11-4-2-5-12-25/h14-16H,2-13H2,1H3,(H,22,23). The average molecular weight is 379 g/mol. The zero-order valence-electron chi connectivity index (χ0n) is 15.8. The molecule has 3 heterocycles. The van der Waals surface area contributed by atoms with Crippen molar-refractivity contribution < 1.29 is 4.79 Å². The lowest BCUT2D eigenvalue weighted by Crippen LogP contribution is -2.38. The molecule has 1 aromatic rings. The zero-order valence-corrected chi connectivity index (χ0v) is 16.6. The molecular formula is C20H31ClN4O. The van der Waals surface area contributed by atoms with Crippen molar-refractivity contribution in [1.29, 1.82) is 0 Å². The van der Waals surface area contributed by atoms with Gasteiger partial charge in [0.15, 0.2) is 0 Å². The molecule has 0 saturated carbocycles. The number of nitrogens with one attached hydrogen (secondary N) is 1. The van der Waals surface area contributed by atoms with Crippen molar-refractivity contribution in [3.8, 4) is 0 Å². The highest BCUT2D eigenvalue weighted by Crippen LogP contribution is 2.22. The van der Waals surface area contributed by atoms with Gasteiger partial charge in [0.2, 0.25) is 0 Å². The molecule has 0 bridgehead atoms. The zero-order chi connectivity index (χ0) is 18.4. The van der Waals surface area contributed by atoms with Crippen molar-refractivity contribution in [3.05, 3.63) is 22.8 Å². The van der Waals surface area contributed by atoms with Gasteiger partial charge in [-0.25, -0.2) is 4.98 Å². The summed E-state index contributed by atoms with van der Waals surface area (Å²) in [7, 11) is 0. The number of carbonyl (C=O) groups is 1. The van der Waals surface area contributed by atoms with Crippen molar-refractivity contribution in [1.82, 2.24) is 14.8 Å². The van der Waals surface area contributed by atoms with E-state index in [2.05, 4.69) is 22.1 Å². The minimum atomic E-state index is 0.0461. The summed E-state index contributed by atoms with van der Waals surface area (Å²) < 4.78 is 0. The van der Waals surface area contributed by atoms with Gasteiger partial charge in [0.05, 0.1) is 10.6 Å². The van der Waals surface area contributed by atoms with Gasteiger partial charge in [-0.2, -0.15) is 0 Å². The molecule has 0 radical (unpaired) electrons. The molecule has 2 fully saturated rings. The fraction of sp³-hybridized carbons (Fsp3) is 0.700. The summed E-state index contributed by atoms with van der Waals surface area (Å²) in [6.07, 6.45) is 10.1. The van der Waals surface area contributed by atoms with Crippen LogP contribution in [0, 0.1) is 0 Å². The lowest BCUT2D eigenvalue weighted by atomic mass is 10.0. The molecule has 0 aliphatic carbocycles. The lowest BCUT2D eigenvalue weighted by Gasteiger charge is -2.33. The van der Waals surface area contributed by atoms with Gasteiger partial charge in [-0.1, -0.05) is 18.0 Å². The Morgan fingerprint density at radius 3 is 2.73 bits per heavy atom. The van der Waals surface area contributed by atoms with E-state index >= 15 is 0 Å². The topological polar surface area (TPSA) is 48.5 Å². The van der Waals surface area contributed by atoms with Crippen molar-refractivity contribution >= 4 is 23.3 Å². The van der Waals surface area contributed by atoms with Crippen molar-refractivity contribution in [3.63, 3.8) is 0 Å². The molecule has 0 aromatic carbocycles. The van der Waals surface area contributed by atoms with Crippen LogP contribution >= 0.6 is 11.6 Å². The van der Waals surface area contributed by atoms with Gasteiger partial charge in [-0.05, 0) is 58.1 Å². The number of anilines is 1. The summed E-state index contributed by atoms with van der Waals surface area (Å²) in [6, 6.07) is 2.45. The highest BCUT2D eigenvalue weighted by Gasteiger charge is 2.20. The van der Waals surface area contributed by atoms with E-state index in [0.717, 1.165) is 45.4 Å². The summed E-state index contributed by atoms with van der Waals surface area (Å²) in [4.78, 5) is 21.4. The van der Waals surface area contributed by atoms with Crippen LogP contribution in [0.25, 0.3) is 0 Å². The van der Waals surface area contributed by atoms with Crippen molar-refractivity contribution in [2.75, 3.05) is 38.0 Å². The van der Waals surface area contributed by atoms with Crippen LogP contribution in [0.3, 0.4) is 0 Å². The van der Waals surface area contributed by atoms with E-state index in [4.69, 9.17) is 11.6 Å². The first-order valence-electron chi connectivity index (χ1n) is 10.1. The van der Waals surface area contributed by atoms with Gasteiger partial charge >= 0.3 is 0 Å². The number of hydrogen-bond acceptors (Lipinski definition) is 4. The molecule has 2 aliphatic rings.